The van der Waals surface area contributed by atoms with Crippen LogP contribution in [0, 0.1) is 11.8 Å². The van der Waals surface area contributed by atoms with Gasteiger partial charge in [-0.2, -0.15) is 5.11 Å². The maximum Gasteiger partial charge on any atom is 0.206 e. The van der Waals surface area contributed by atoms with Crippen molar-refractivity contribution in [2.75, 3.05) is 6.67 Å². The number of halogens is 2. The molecule has 1 N–H and O–H groups in total. The predicted molar refractivity (Wildman–Crippen MR) is 94.0 cm³/mol. The van der Waals surface area contributed by atoms with Crippen LogP contribution in [-0.2, 0) is 6.42 Å². The van der Waals surface area contributed by atoms with E-state index >= 15 is 0 Å². The monoisotopic (exact) mass is 376 g/mol. The quantitative estimate of drug-likeness (QED) is 0.702. The van der Waals surface area contributed by atoms with Crippen LogP contribution in [0.5, 0.6) is 0 Å². The van der Waals surface area contributed by atoms with Gasteiger partial charge in [0.25, 0.3) is 0 Å². The first kappa shape index (κ1) is 17.1. The minimum absolute atomic E-state index is 0. The van der Waals surface area contributed by atoms with Gasteiger partial charge >= 0.3 is 0 Å². The largest absolute Gasteiger partial charge is 1.00 e. The number of benzene rings is 1. The van der Waals surface area contributed by atoms with Crippen molar-refractivity contribution in [3.63, 3.8) is 0 Å². The van der Waals surface area contributed by atoms with Crippen molar-refractivity contribution < 1.29 is 17.3 Å². The van der Waals surface area contributed by atoms with Gasteiger partial charge in [-0.3, -0.25) is 4.90 Å². The summed E-state index contributed by atoms with van der Waals surface area (Å²) in [6.07, 6.45) is 10.5. The molecule has 3 heterocycles. The summed E-state index contributed by atoms with van der Waals surface area (Å²) in [4.78, 5) is 3.85. The van der Waals surface area contributed by atoms with Crippen LogP contribution in [0.4, 0.5) is 5.69 Å². The topological polar surface area (TPSA) is 32.4 Å². The number of hydrogen-bond donors (Lipinski definition) is 1. The highest BCUT2D eigenvalue weighted by atomic mass is 35.5. The van der Waals surface area contributed by atoms with Crippen LogP contribution in [0.1, 0.15) is 25.3 Å². The molecule has 0 fully saturated rings. The molecule has 1 aromatic rings. The second kappa shape index (κ2) is 6.42. The maximum atomic E-state index is 6.30. The molecule has 0 amide bonds. The zero-order valence-electron chi connectivity index (χ0n) is 14.2. The number of rotatable bonds is 1. The fourth-order valence-corrected chi connectivity index (χ4v) is 5.34. The van der Waals surface area contributed by atoms with Crippen LogP contribution in [0.2, 0.25) is 5.02 Å². The van der Waals surface area contributed by atoms with Gasteiger partial charge in [-0.15, -0.1) is 5.11 Å². The highest BCUT2D eigenvalue weighted by Crippen LogP contribution is 2.40. The Labute approximate surface area is 159 Å². The Morgan fingerprint density at radius 2 is 2.24 bits per heavy atom. The third-order valence-corrected chi connectivity index (χ3v) is 6.46. The van der Waals surface area contributed by atoms with Gasteiger partial charge in [-0.1, -0.05) is 36.7 Å². The Kier molecular flexibility index (Phi) is 4.38. The van der Waals surface area contributed by atoms with E-state index in [9.17, 15) is 0 Å². The van der Waals surface area contributed by atoms with Gasteiger partial charge in [-0.25, -0.2) is 0 Å². The first-order valence-corrected chi connectivity index (χ1v) is 9.32. The highest BCUT2D eigenvalue weighted by molar-refractivity contribution is 6.30. The van der Waals surface area contributed by atoms with Crippen LogP contribution >= 0.6 is 11.6 Å². The molecule has 0 radical (unpaired) electrons. The van der Waals surface area contributed by atoms with E-state index in [0.717, 1.165) is 23.7 Å². The predicted octanol–water partition coefficient (Wildman–Crippen LogP) is 0.294. The summed E-state index contributed by atoms with van der Waals surface area (Å²) in [5, 5.41) is 9.59. The lowest BCUT2D eigenvalue weighted by molar-refractivity contribution is -0.804. The van der Waals surface area contributed by atoms with Crippen LogP contribution in [0.3, 0.4) is 0 Å². The first-order chi connectivity index (χ1) is 11.8. The minimum atomic E-state index is 0. The highest BCUT2D eigenvalue weighted by Gasteiger charge is 2.50. The molecule has 5 unspecified atom stereocenters. The molecular formula is C19H22Cl2N4. The fourth-order valence-electron chi connectivity index (χ4n) is 5.17. The molecule has 4 aliphatic rings. The Bertz CT molecular complexity index is 773. The lowest BCUT2D eigenvalue weighted by atomic mass is 9.73. The molecular weight excluding hydrogens is 355 g/mol. The number of nitrogens with zero attached hydrogens (tertiary/aromatic N) is 3. The van der Waals surface area contributed by atoms with Gasteiger partial charge in [0, 0.05) is 35.0 Å². The van der Waals surface area contributed by atoms with E-state index in [2.05, 4.69) is 52.5 Å². The molecule has 0 saturated carbocycles. The molecule has 0 saturated heterocycles. The van der Waals surface area contributed by atoms with Crippen LogP contribution in [0.25, 0.3) is 0 Å². The van der Waals surface area contributed by atoms with Crippen molar-refractivity contribution in [1.29, 1.82) is 0 Å². The second-order valence-corrected chi connectivity index (χ2v) is 7.74. The van der Waals surface area contributed by atoms with E-state index in [1.54, 1.807) is 0 Å². The Morgan fingerprint density at radius 1 is 1.36 bits per heavy atom. The third kappa shape index (κ3) is 2.54. The zero-order chi connectivity index (χ0) is 16.3. The second-order valence-electron chi connectivity index (χ2n) is 7.30. The SMILES string of the molecule is CCC1C=CCC2C1C1Cc3ccc(Cl)cc3[NH+]1C=C1N=NCN12.[Cl-]. The Morgan fingerprint density at radius 3 is 3.08 bits per heavy atom. The van der Waals surface area contributed by atoms with Gasteiger partial charge in [0.15, 0.2) is 0 Å². The summed E-state index contributed by atoms with van der Waals surface area (Å²) >= 11 is 6.30. The summed E-state index contributed by atoms with van der Waals surface area (Å²) < 4.78 is 0. The molecule has 25 heavy (non-hydrogen) atoms. The van der Waals surface area contributed by atoms with Crippen molar-refractivity contribution in [3.8, 4) is 0 Å². The van der Waals surface area contributed by atoms with Gasteiger partial charge in [-0.05, 0) is 24.8 Å². The van der Waals surface area contributed by atoms with E-state index in [1.807, 2.05) is 6.07 Å². The molecule has 0 spiro atoms. The third-order valence-electron chi connectivity index (χ3n) is 6.23. The molecule has 6 heteroatoms. The molecule has 1 aromatic carbocycles. The smallest absolute Gasteiger partial charge is 0.206 e. The fraction of sp³-hybridized carbons (Fsp3) is 0.474. The number of hydrogen-bond acceptors (Lipinski definition) is 3. The number of nitrogens with one attached hydrogen (secondary N) is 1. The average molecular weight is 377 g/mol. The van der Waals surface area contributed by atoms with Crippen molar-refractivity contribution >= 4 is 17.3 Å². The summed E-state index contributed by atoms with van der Waals surface area (Å²) in [7, 11) is 0. The zero-order valence-corrected chi connectivity index (χ0v) is 15.7. The Balaban J connectivity index is 0.00000157. The van der Waals surface area contributed by atoms with E-state index in [0.29, 0.717) is 30.6 Å². The minimum Gasteiger partial charge on any atom is -1.00 e. The van der Waals surface area contributed by atoms with Crippen molar-refractivity contribution in [2.24, 2.45) is 22.1 Å². The Hall–Kier alpha value is -1.36. The summed E-state index contributed by atoms with van der Waals surface area (Å²) in [6, 6.07) is 7.44. The van der Waals surface area contributed by atoms with Gasteiger partial charge < -0.3 is 17.3 Å². The standard InChI is InChI=1S/C19H21ClN4.ClH/c1-2-12-4-3-5-15-19(12)17-8-13-6-7-14(20)9-16(13)23(17)10-18-22-21-11-24(15)18;/h3-4,6-7,9-10,12,15,17,19H,2,5,8,11H2,1H3;1H. The molecule has 4 nitrogen and oxygen atoms in total. The number of fused-ring (bicyclic) bond motifs is 7. The molecule has 3 aliphatic heterocycles. The number of quaternary nitrogens is 1. The van der Waals surface area contributed by atoms with Gasteiger partial charge in [0.05, 0.1) is 0 Å². The summed E-state index contributed by atoms with van der Waals surface area (Å²) in [5.74, 6) is 2.29. The maximum absolute atomic E-state index is 6.30. The van der Waals surface area contributed by atoms with E-state index < -0.39 is 0 Å². The van der Waals surface area contributed by atoms with Crippen LogP contribution in [-0.4, -0.2) is 23.7 Å². The molecule has 0 aromatic heterocycles. The average Bonchev–Trinajstić information content (AvgIpc) is 3.17. The lowest BCUT2D eigenvalue weighted by Gasteiger charge is -2.40. The molecule has 132 valence electrons. The summed E-state index contributed by atoms with van der Waals surface area (Å²) in [5.41, 5.74) is 2.76. The van der Waals surface area contributed by atoms with Crippen molar-refractivity contribution in [1.82, 2.24) is 4.90 Å². The van der Waals surface area contributed by atoms with E-state index in [1.165, 1.54) is 22.6 Å². The number of azo groups is 1. The molecule has 1 aliphatic carbocycles. The van der Waals surface area contributed by atoms with Gasteiger partial charge in [0.1, 0.15) is 24.6 Å². The van der Waals surface area contributed by atoms with Gasteiger partial charge in [0.2, 0.25) is 5.82 Å². The first-order valence-electron chi connectivity index (χ1n) is 8.94. The lowest BCUT2D eigenvalue weighted by Crippen LogP contribution is -3.06. The normalized spacial score (nSPS) is 34.4. The molecule has 0 bridgehead atoms. The van der Waals surface area contributed by atoms with Crippen LogP contribution in [0.15, 0.2) is 52.6 Å². The molecule has 5 rings (SSSR count). The van der Waals surface area contributed by atoms with Crippen molar-refractivity contribution in [3.05, 3.63) is 53.0 Å². The van der Waals surface area contributed by atoms with Crippen molar-refractivity contribution in [2.45, 2.75) is 38.3 Å². The number of allylic oxidation sites excluding steroid dienone is 1. The molecule has 5 atom stereocenters. The van der Waals surface area contributed by atoms with E-state index in [4.69, 9.17) is 11.6 Å². The summed E-state index contributed by atoms with van der Waals surface area (Å²) in [6.45, 7) is 3.02. The van der Waals surface area contributed by atoms with E-state index in [-0.39, 0.29) is 12.4 Å². The van der Waals surface area contributed by atoms with Crippen LogP contribution < -0.4 is 17.3 Å².